The number of nitrogens with one attached hydrogen (secondary N) is 2. The molecule has 0 fully saturated rings. The van der Waals surface area contributed by atoms with Crippen molar-refractivity contribution < 1.29 is 0 Å². The summed E-state index contributed by atoms with van der Waals surface area (Å²) in [7, 11) is 0. The highest BCUT2D eigenvalue weighted by Gasteiger charge is 2.19. The molecule has 4 aromatic rings. The Kier molecular flexibility index (Phi) is 4.20. The molecule has 0 bridgehead atoms. The van der Waals surface area contributed by atoms with Crippen LogP contribution in [-0.4, -0.2) is 21.1 Å². The molecule has 0 unspecified atom stereocenters. The van der Waals surface area contributed by atoms with Crippen LogP contribution in [0.3, 0.4) is 0 Å². The molecule has 2 aromatic carbocycles. The molecular weight excluding hydrogens is 346 g/mol. The molecule has 1 aliphatic heterocycles. The van der Waals surface area contributed by atoms with Crippen molar-refractivity contribution in [2.45, 2.75) is 26.3 Å². The SMILES string of the molecule is Cc1cc2ccccc2n1-c1nc2c(c(NCc3ccccc3)n1)CCCN2. The van der Waals surface area contributed by atoms with Crippen molar-refractivity contribution in [2.24, 2.45) is 0 Å². The molecule has 0 amide bonds. The van der Waals surface area contributed by atoms with Crippen LogP contribution < -0.4 is 10.6 Å². The highest BCUT2D eigenvalue weighted by molar-refractivity contribution is 5.83. The Hall–Kier alpha value is -3.34. The van der Waals surface area contributed by atoms with Gasteiger partial charge in [-0.15, -0.1) is 0 Å². The van der Waals surface area contributed by atoms with Gasteiger partial charge in [-0.3, -0.25) is 4.57 Å². The molecule has 2 N–H and O–H groups in total. The smallest absolute Gasteiger partial charge is 0.238 e. The molecule has 5 rings (SSSR count). The molecule has 1 aliphatic rings. The summed E-state index contributed by atoms with van der Waals surface area (Å²) >= 11 is 0. The number of nitrogens with zero attached hydrogens (tertiary/aromatic N) is 3. The Morgan fingerprint density at radius 2 is 1.86 bits per heavy atom. The fraction of sp³-hybridized carbons (Fsp3) is 0.217. The lowest BCUT2D eigenvalue weighted by Crippen LogP contribution is -2.19. The molecule has 0 radical (unpaired) electrons. The Morgan fingerprint density at radius 3 is 2.75 bits per heavy atom. The molecule has 0 aliphatic carbocycles. The normalized spacial score (nSPS) is 13.2. The number of hydrogen-bond acceptors (Lipinski definition) is 4. The van der Waals surface area contributed by atoms with Gasteiger partial charge in [-0.1, -0.05) is 48.5 Å². The number of benzene rings is 2. The molecule has 0 atom stereocenters. The van der Waals surface area contributed by atoms with Crippen LogP contribution in [-0.2, 0) is 13.0 Å². The van der Waals surface area contributed by atoms with Gasteiger partial charge in [-0.25, -0.2) is 0 Å². The highest BCUT2D eigenvalue weighted by Crippen LogP contribution is 2.30. The average Bonchev–Trinajstić information content (AvgIpc) is 3.08. The van der Waals surface area contributed by atoms with E-state index in [1.54, 1.807) is 0 Å². The van der Waals surface area contributed by atoms with E-state index in [0.29, 0.717) is 5.95 Å². The first kappa shape index (κ1) is 16.8. The first-order chi connectivity index (χ1) is 13.8. The van der Waals surface area contributed by atoms with Gasteiger partial charge in [0.2, 0.25) is 5.95 Å². The Balaban J connectivity index is 1.60. The van der Waals surface area contributed by atoms with Gasteiger partial charge in [-0.2, -0.15) is 9.97 Å². The van der Waals surface area contributed by atoms with E-state index >= 15 is 0 Å². The highest BCUT2D eigenvalue weighted by atomic mass is 15.2. The quantitative estimate of drug-likeness (QED) is 0.547. The van der Waals surface area contributed by atoms with Gasteiger partial charge in [0.25, 0.3) is 0 Å². The summed E-state index contributed by atoms with van der Waals surface area (Å²) in [5.41, 5.74) is 4.68. The number of aryl methyl sites for hydroxylation is 1. The number of rotatable bonds is 4. The van der Waals surface area contributed by atoms with E-state index in [0.717, 1.165) is 48.8 Å². The topological polar surface area (TPSA) is 54.8 Å². The summed E-state index contributed by atoms with van der Waals surface area (Å²) in [6.45, 7) is 3.80. The first-order valence-corrected chi connectivity index (χ1v) is 9.79. The van der Waals surface area contributed by atoms with Gasteiger partial charge in [0, 0.05) is 29.7 Å². The Morgan fingerprint density at radius 1 is 1.04 bits per heavy atom. The maximum Gasteiger partial charge on any atom is 0.238 e. The minimum absolute atomic E-state index is 0.711. The van der Waals surface area contributed by atoms with Gasteiger partial charge in [0.15, 0.2) is 0 Å². The number of anilines is 2. The standard InChI is InChI=1S/C23H23N5/c1-16-14-18-10-5-6-12-20(18)28(16)23-26-21-19(11-7-13-24-21)22(27-23)25-15-17-8-3-2-4-9-17/h2-6,8-10,12,14H,7,11,13,15H2,1H3,(H2,24,25,26,27). The monoisotopic (exact) mass is 369 g/mol. The Bertz CT molecular complexity index is 1130. The minimum Gasteiger partial charge on any atom is -0.370 e. The van der Waals surface area contributed by atoms with Crippen LogP contribution in [0.2, 0.25) is 0 Å². The largest absolute Gasteiger partial charge is 0.370 e. The maximum atomic E-state index is 4.96. The molecular formula is C23H23N5. The molecule has 28 heavy (non-hydrogen) atoms. The Labute approximate surface area is 164 Å². The predicted octanol–water partition coefficient (Wildman–Crippen LogP) is 4.70. The average molecular weight is 369 g/mol. The summed E-state index contributed by atoms with van der Waals surface area (Å²) in [6, 6.07) is 21.0. The zero-order valence-electron chi connectivity index (χ0n) is 15.9. The molecule has 0 saturated heterocycles. The summed E-state index contributed by atoms with van der Waals surface area (Å²) < 4.78 is 2.14. The zero-order chi connectivity index (χ0) is 18.9. The van der Waals surface area contributed by atoms with Crippen LogP contribution in [0.15, 0.2) is 60.7 Å². The molecule has 140 valence electrons. The van der Waals surface area contributed by atoms with Gasteiger partial charge in [0.05, 0.1) is 5.52 Å². The maximum absolute atomic E-state index is 4.96. The van der Waals surface area contributed by atoms with Gasteiger partial charge in [0.1, 0.15) is 11.6 Å². The van der Waals surface area contributed by atoms with Crippen molar-refractivity contribution in [2.75, 3.05) is 17.2 Å². The number of hydrogen-bond donors (Lipinski definition) is 2. The van der Waals surface area contributed by atoms with Crippen molar-refractivity contribution in [3.63, 3.8) is 0 Å². The lowest BCUT2D eigenvalue weighted by molar-refractivity contribution is 0.797. The minimum atomic E-state index is 0.711. The van der Waals surface area contributed by atoms with Gasteiger partial charge in [-0.05, 0) is 37.5 Å². The molecule has 5 nitrogen and oxygen atoms in total. The predicted molar refractivity (Wildman–Crippen MR) is 114 cm³/mol. The van der Waals surface area contributed by atoms with Crippen molar-refractivity contribution in [1.29, 1.82) is 0 Å². The summed E-state index contributed by atoms with van der Waals surface area (Å²) in [6.07, 6.45) is 2.09. The van der Waals surface area contributed by atoms with E-state index in [1.807, 2.05) is 6.07 Å². The summed E-state index contributed by atoms with van der Waals surface area (Å²) in [5.74, 6) is 2.58. The second kappa shape index (κ2) is 7.00. The molecule has 0 saturated carbocycles. The third-order valence-electron chi connectivity index (χ3n) is 5.29. The van der Waals surface area contributed by atoms with E-state index in [-0.39, 0.29) is 0 Å². The fourth-order valence-electron chi connectivity index (χ4n) is 3.91. The van der Waals surface area contributed by atoms with Crippen LogP contribution in [0.25, 0.3) is 16.9 Å². The van der Waals surface area contributed by atoms with Crippen LogP contribution in [0, 0.1) is 6.92 Å². The van der Waals surface area contributed by atoms with E-state index in [1.165, 1.54) is 16.5 Å². The van der Waals surface area contributed by atoms with Crippen molar-refractivity contribution >= 4 is 22.5 Å². The molecule has 3 heterocycles. The van der Waals surface area contributed by atoms with E-state index in [2.05, 4.69) is 76.7 Å². The number of fused-ring (bicyclic) bond motifs is 2. The number of aromatic nitrogens is 3. The van der Waals surface area contributed by atoms with Crippen molar-refractivity contribution in [3.05, 3.63) is 77.5 Å². The van der Waals surface area contributed by atoms with Crippen molar-refractivity contribution in [3.8, 4) is 5.95 Å². The number of para-hydroxylation sites is 1. The fourth-order valence-corrected chi connectivity index (χ4v) is 3.91. The molecule has 0 spiro atoms. The van der Waals surface area contributed by atoms with E-state index in [4.69, 9.17) is 9.97 Å². The van der Waals surface area contributed by atoms with Crippen LogP contribution >= 0.6 is 0 Å². The zero-order valence-corrected chi connectivity index (χ0v) is 15.9. The van der Waals surface area contributed by atoms with Crippen LogP contribution in [0.5, 0.6) is 0 Å². The summed E-state index contributed by atoms with van der Waals surface area (Å²) in [5, 5.41) is 8.22. The second-order valence-electron chi connectivity index (χ2n) is 7.25. The summed E-state index contributed by atoms with van der Waals surface area (Å²) in [4.78, 5) is 9.84. The van der Waals surface area contributed by atoms with Crippen molar-refractivity contribution in [1.82, 2.24) is 14.5 Å². The van der Waals surface area contributed by atoms with E-state index < -0.39 is 0 Å². The lowest BCUT2D eigenvalue weighted by atomic mass is 10.1. The second-order valence-corrected chi connectivity index (χ2v) is 7.25. The third-order valence-corrected chi connectivity index (χ3v) is 5.29. The van der Waals surface area contributed by atoms with Gasteiger partial charge >= 0.3 is 0 Å². The molecule has 2 aromatic heterocycles. The van der Waals surface area contributed by atoms with Gasteiger partial charge < -0.3 is 10.6 Å². The lowest BCUT2D eigenvalue weighted by Gasteiger charge is -2.22. The van der Waals surface area contributed by atoms with E-state index in [9.17, 15) is 0 Å². The third kappa shape index (κ3) is 2.99. The first-order valence-electron chi connectivity index (χ1n) is 9.79. The van der Waals surface area contributed by atoms with Crippen LogP contribution in [0.4, 0.5) is 11.6 Å². The molecule has 5 heteroatoms. The van der Waals surface area contributed by atoms with Crippen LogP contribution in [0.1, 0.15) is 23.2 Å².